The summed E-state index contributed by atoms with van der Waals surface area (Å²) in [5.74, 6) is -0.707. The van der Waals surface area contributed by atoms with Crippen LogP contribution in [-0.4, -0.2) is 69.9 Å². The zero-order valence-corrected chi connectivity index (χ0v) is 18.0. The Morgan fingerprint density at radius 3 is 2.21 bits per heavy atom. The highest BCUT2D eigenvalue weighted by molar-refractivity contribution is 6.03. The van der Waals surface area contributed by atoms with E-state index in [2.05, 4.69) is 10.1 Å². The summed E-state index contributed by atoms with van der Waals surface area (Å²) in [6.45, 7) is 1.01. The molecule has 8 heteroatoms. The average Bonchev–Trinajstić information content (AvgIpc) is 2.77. The highest BCUT2D eigenvalue weighted by Crippen LogP contribution is 2.32. The normalized spacial score (nSPS) is 19.3. The van der Waals surface area contributed by atoms with Crippen molar-refractivity contribution < 1.29 is 28.7 Å². The number of esters is 2. The number of nitrogens with zero attached hydrogens (tertiary/aromatic N) is 1. The fraction of sp³-hybridized carbons (Fsp3) is 0.810. The Morgan fingerprint density at radius 2 is 1.69 bits per heavy atom. The van der Waals surface area contributed by atoms with Gasteiger partial charge in [-0.3, -0.25) is 14.4 Å². The molecule has 2 fully saturated rings. The molecule has 0 unspecified atom stereocenters. The van der Waals surface area contributed by atoms with Gasteiger partial charge in [-0.2, -0.15) is 0 Å². The lowest BCUT2D eigenvalue weighted by Crippen LogP contribution is -2.53. The number of aldehydes is 1. The van der Waals surface area contributed by atoms with Crippen LogP contribution in [0.4, 0.5) is 0 Å². The molecule has 8 nitrogen and oxygen atoms in total. The zero-order valence-electron chi connectivity index (χ0n) is 18.0. The molecule has 0 aromatic heterocycles. The van der Waals surface area contributed by atoms with Gasteiger partial charge in [0.05, 0.1) is 14.2 Å². The summed E-state index contributed by atoms with van der Waals surface area (Å²) in [5.41, 5.74) is -1.20. The van der Waals surface area contributed by atoms with Crippen molar-refractivity contribution in [2.45, 2.75) is 57.8 Å². The topological polar surface area (TPSA) is 102 Å². The van der Waals surface area contributed by atoms with Gasteiger partial charge in [0.25, 0.3) is 0 Å². The molecule has 29 heavy (non-hydrogen) atoms. The third kappa shape index (κ3) is 8.12. The van der Waals surface area contributed by atoms with Crippen LogP contribution in [0.5, 0.6) is 0 Å². The monoisotopic (exact) mass is 412 g/mol. The Bertz CT molecular complexity index is 537. The van der Waals surface area contributed by atoms with E-state index in [9.17, 15) is 19.2 Å². The fourth-order valence-electron chi connectivity index (χ4n) is 3.89. The number of amides is 1. The van der Waals surface area contributed by atoms with Gasteiger partial charge in [0.15, 0.2) is 0 Å². The number of hydrogen-bond donors (Lipinski definition) is 1. The van der Waals surface area contributed by atoms with Crippen molar-refractivity contribution in [3.63, 3.8) is 0 Å². The van der Waals surface area contributed by atoms with E-state index in [4.69, 9.17) is 4.74 Å². The molecule has 2 aliphatic rings. The molecule has 0 spiro atoms. The highest BCUT2D eigenvalue weighted by Gasteiger charge is 2.48. The van der Waals surface area contributed by atoms with Crippen molar-refractivity contribution in [1.82, 2.24) is 10.2 Å². The molecule has 1 saturated carbocycles. The maximum Gasteiger partial charge on any atom is 0.325 e. The van der Waals surface area contributed by atoms with Crippen LogP contribution in [0.3, 0.4) is 0 Å². The van der Waals surface area contributed by atoms with E-state index in [1.165, 1.54) is 46.3 Å². The zero-order chi connectivity index (χ0) is 21.7. The lowest BCUT2D eigenvalue weighted by molar-refractivity contribution is -0.163. The molecule has 0 radical (unpaired) electrons. The Balaban J connectivity index is 0.000000352. The van der Waals surface area contributed by atoms with Gasteiger partial charge >= 0.3 is 11.9 Å². The number of piperidine rings is 1. The first kappa shape index (κ1) is 25.1. The standard InChI is InChI=1S/C12H20N2O5.C9H16O/c1-14-6-4-12(5-7-14,11(17)19-3)10(16)13-8-9(15)18-2;10-8-4-7-9-5-2-1-3-6-9/h4-8H2,1-3H3,(H,13,16);8-9H,1-7H2. The van der Waals surface area contributed by atoms with Crippen LogP contribution in [0.2, 0.25) is 0 Å². The van der Waals surface area contributed by atoms with E-state index in [0.717, 1.165) is 25.0 Å². The smallest absolute Gasteiger partial charge is 0.325 e. The predicted molar refractivity (Wildman–Crippen MR) is 108 cm³/mol. The number of carbonyl (C=O) groups excluding carboxylic acids is 4. The lowest BCUT2D eigenvalue weighted by atomic mass is 9.77. The summed E-state index contributed by atoms with van der Waals surface area (Å²) in [5, 5.41) is 2.44. The van der Waals surface area contributed by atoms with E-state index >= 15 is 0 Å². The maximum absolute atomic E-state index is 12.2. The molecule has 0 aromatic rings. The fourth-order valence-corrected chi connectivity index (χ4v) is 3.89. The average molecular weight is 413 g/mol. The Hall–Kier alpha value is -1.96. The third-order valence-corrected chi connectivity index (χ3v) is 5.89. The molecule has 1 amide bonds. The number of likely N-dealkylation sites (tertiary alicyclic amines) is 1. The highest BCUT2D eigenvalue weighted by atomic mass is 16.5. The van der Waals surface area contributed by atoms with E-state index in [-0.39, 0.29) is 6.54 Å². The minimum Gasteiger partial charge on any atom is -0.468 e. The largest absolute Gasteiger partial charge is 0.468 e. The van der Waals surface area contributed by atoms with Gasteiger partial charge in [0, 0.05) is 6.42 Å². The van der Waals surface area contributed by atoms with Crippen LogP contribution in [0.1, 0.15) is 57.8 Å². The van der Waals surface area contributed by atoms with Gasteiger partial charge in [-0.25, -0.2) is 0 Å². The van der Waals surface area contributed by atoms with Crippen molar-refractivity contribution in [3.05, 3.63) is 0 Å². The maximum atomic E-state index is 12.2. The summed E-state index contributed by atoms with van der Waals surface area (Å²) < 4.78 is 9.19. The number of rotatable bonds is 7. The van der Waals surface area contributed by atoms with E-state index < -0.39 is 23.3 Å². The van der Waals surface area contributed by atoms with Gasteiger partial charge in [0.2, 0.25) is 5.91 Å². The van der Waals surface area contributed by atoms with Crippen molar-refractivity contribution in [3.8, 4) is 0 Å². The van der Waals surface area contributed by atoms with Crippen molar-refractivity contribution in [2.75, 3.05) is 40.9 Å². The SMILES string of the molecule is COC(=O)CNC(=O)C1(C(=O)OC)CCN(C)CC1.O=CCCC1CCCCC1. The number of hydrogen-bond acceptors (Lipinski definition) is 7. The van der Waals surface area contributed by atoms with Gasteiger partial charge < -0.3 is 24.5 Å². The summed E-state index contributed by atoms with van der Waals surface area (Å²) in [6, 6.07) is 0. The van der Waals surface area contributed by atoms with Crippen LogP contribution in [0.15, 0.2) is 0 Å². The molecular weight excluding hydrogens is 376 g/mol. The third-order valence-electron chi connectivity index (χ3n) is 5.89. The second-order valence-corrected chi connectivity index (χ2v) is 7.88. The van der Waals surface area contributed by atoms with E-state index in [1.54, 1.807) is 0 Å². The summed E-state index contributed by atoms with van der Waals surface area (Å²) in [6.07, 6.45) is 10.7. The lowest BCUT2D eigenvalue weighted by Gasteiger charge is -2.36. The first-order valence-corrected chi connectivity index (χ1v) is 10.4. The van der Waals surface area contributed by atoms with Crippen molar-refractivity contribution in [2.24, 2.45) is 11.3 Å². The molecule has 1 aliphatic heterocycles. The van der Waals surface area contributed by atoms with Gasteiger partial charge in [-0.1, -0.05) is 32.1 Å². The van der Waals surface area contributed by atoms with Crippen molar-refractivity contribution in [1.29, 1.82) is 0 Å². The van der Waals surface area contributed by atoms with Crippen LogP contribution in [-0.2, 0) is 28.7 Å². The van der Waals surface area contributed by atoms with Crippen LogP contribution in [0.25, 0.3) is 0 Å². The van der Waals surface area contributed by atoms with Crippen LogP contribution >= 0.6 is 0 Å². The molecule has 0 atom stereocenters. The van der Waals surface area contributed by atoms with Gasteiger partial charge in [0.1, 0.15) is 18.2 Å². The molecule has 0 bridgehead atoms. The quantitative estimate of drug-likeness (QED) is 0.386. The van der Waals surface area contributed by atoms with Crippen LogP contribution < -0.4 is 5.32 Å². The molecular formula is C21H36N2O6. The predicted octanol–water partition coefficient (Wildman–Crippen LogP) is 1.71. The molecule has 1 saturated heterocycles. The minimum absolute atomic E-state index is 0.246. The molecule has 1 aliphatic carbocycles. The Labute approximate surface area is 173 Å². The van der Waals surface area contributed by atoms with Crippen molar-refractivity contribution >= 4 is 24.1 Å². The van der Waals surface area contributed by atoms with E-state index in [1.807, 2.05) is 11.9 Å². The van der Waals surface area contributed by atoms with Crippen LogP contribution in [0, 0.1) is 11.3 Å². The summed E-state index contributed by atoms with van der Waals surface area (Å²) in [7, 11) is 4.42. The summed E-state index contributed by atoms with van der Waals surface area (Å²) in [4.78, 5) is 47.3. The minimum atomic E-state index is -1.20. The molecule has 166 valence electrons. The molecule has 1 heterocycles. The second-order valence-electron chi connectivity index (χ2n) is 7.88. The van der Waals surface area contributed by atoms with Gasteiger partial charge in [-0.05, 0) is 45.3 Å². The first-order chi connectivity index (χ1) is 13.9. The van der Waals surface area contributed by atoms with Gasteiger partial charge in [-0.15, -0.1) is 0 Å². The first-order valence-electron chi connectivity index (χ1n) is 10.4. The molecule has 0 aromatic carbocycles. The molecule has 2 rings (SSSR count). The number of ether oxygens (including phenoxy) is 2. The number of nitrogens with one attached hydrogen (secondary N) is 1. The summed E-state index contributed by atoms with van der Waals surface area (Å²) >= 11 is 0. The Morgan fingerprint density at radius 1 is 1.07 bits per heavy atom. The second kappa shape index (κ2) is 13.3. The van der Waals surface area contributed by atoms with E-state index in [0.29, 0.717) is 25.9 Å². The molecule has 1 N–H and O–H groups in total. The Kier molecular flexibility index (Phi) is 11.5. The number of methoxy groups -OCH3 is 2. The number of carbonyl (C=O) groups is 4.